The number of aryl methyl sites for hydroxylation is 1. The Hall–Kier alpha value is -5.64. The molecular formula is C45H46F3N11O3S. The molecule has 11 rings (SSSR count). The molecule has 6 heterocycles. The first-order chi connectivity index (χ1) is 30.4. The van der Waals surface area contributed by atoms with Gasteiger partial charge in [-0.1, -0.05) is 0 Å². The van der Waals surface area contributed by atoms with Crippen molar-refractivity contribution in [3.8, 4) is 17.6 Å². The average molecular weight is 878 g/mol. The second kappa shape index (κ2) is 15.3. The molecule has 326 valence electrons. The Labute approximate surface area is 366 Å². The first-order valence-electron chi connectivity index (χ1n) is 21.7. The molecule has 2 saturated carbocycles. The van der Waals surface area contributed by atoms with Crippen molar-refractivity contribution < 1.29 is 27.5 Å². The summed E-state index contributed by atoms with van der Waals surface area (Å²) >= 11 is 1.19. The molecule has 6 aliphatic rings. The summed E-state index contributed by atoms with van der Waals surface area (Å²) in [6, 6.07) is 13.3. The van der Waals surface area contributed by atoms with Crippen LogP contribution in [0, 0.1) is 33.8 Å². The van der Waals surface area contributed by atoms with Gasteiger partial charge in [-0.25, -0.2) is 27.3 Å². The number of benzene rings is 3. The van der Waals surface area contributed by atoms with E-state index in [0.29, 0.717) is 69.7 Å². The van der Waals surface area contributed by atoms with Crippen molar-refractivity contribution in [3.05, 3.63) is 71.6 Å². The zero-order chi connectivity index (χ0) is 43.2. The molecule has 2 aliphatic carbocycles. The van der Waals surface area contributed by atoms with Crippen molar-refractivity contribution in [2.24, 2.45) is 17.9 Å². The fourth-order valence-electron chi connectivity index (χ4n) is 10.9. The van der Waals surface area contributed by atoms with Crippen LogP contribution in [0.3, 0.4) is 0 Å². The number of hydrogen-bond donors (Lipinski definition) is 2. The van der Waals surface area contributed by atoms with Crippen LogP contribution >= 0.6 is 12.1 Å². The number of urea groups is 1. The van der Waals surface area contributed by atoms with Gasteiger partial charge in [-0.15, -0.1) is 0 Å². The molecule has 2 aromatic heterocycles. The largest absolute Gasteiger partial charge is 0.453 e. The summed E-state index contributed by atoms with van der Waals surface area (Å²) in [7, 11) is 1.78. The van der Waals surface area contributed by atoms with E-state index in [1.807, 2.05) is 16.6 Å². The number of piperidine rings is 1. The molecule has 0 radical (unpaired) electrons. The Morgan fingerprint density at radius 2 is 1.78 bits per heavy atom. The van der Waals surface area contributed by atoms with Crippen LogP contribution in [0.25, 0.3) is 21.9 Å². The third-order valence-electron chi connectivity index (χ3n) is 14.4. The molecule has 5 aromatic rings. The van der Waals surface area contributed by atoms with Crippen LogP contribution < -0.4 is 24.6 Å². The van der Waals surface area contributed by atoms with Crippen molar-refractivity contribution >= 4 is 63.2 Å². The van der Waals surface area contributed by atoms with Gasteiger partial charge < -0.3 is 19.3 Å². The van der Waals surface area contributed by atoms with Crippen LogP contribution in [-0.2, 0) is 11.8 Å². The van der Waals surface area contributed by atoms with E-state index in [0.717, 1.165) is 75.9 Å². The van der Waals surface area contributed by atoms with E-state index < -0.39 is 18.0 Å². The third-order valence-corrected chi connectivity index (χ3v) is 15.3. The molecule has 4 saturated heterocycles. The first-order valence-corrected chi connectivity index (χ1v) is 22.5. The van der Waals surface area contributed by atoms with Gasteiger partial charge in [0.15, 0.2) is 17.4 Å². The van der Waals surface area contributed by atoms with Crippen LogP contribution in [0.2, 0.25) is 0 Å². The summed E-state index contributed by atoms with van der Waals surface area (Å²) in [5.74, 6) is -0.511. The van der Waals surface area contributed by atoms with E-state index in [9.17, 15) is 19.2 Å². The number of hydrogen-bond acceptors (Lipinski definition) is 12. The van der Waals surface area contributed by atoms with Crippen molar-refractivity contribution in [1.29, 1.82) is 5.26 Å². The van der Waals surface area contributed by atoms with Gasteiger partial charge in [0.2, 0.25) is 5.91 Å². The monoisotopic (exact) mass is 877 g/mol. The molecule has 63 heavy (non-hydrogen) atoms. The highest BCUT2D eigenvalue weighted by Crippen LogP contribution is 2.58. The van der Waals surface area contributed by atoms with Gasteiger partial charge in [0, 0.05) is 93.4 Å². The Balaban J connectivity index is 0.679. The number of ether oxygens (including phenoxy) is 1. The van der Waals surface area contributed by atoms with Crippen molar-refractivity contribution in [2.75, 3.05) is 60.3 Å². The van der Waals surface area contributed by atoms with E-state index in [-0.39, 0.29) is 48.0 Å². The van der Waals surface area contributed by atoms with E-state index in [1.54, 1.807) is 29.9 Å². The van der Waals surface area contributed by atoms with E-state index >= 15 is 8.78 Å². The first kappa shape index (κ1) is 40.2. The summed E-state index contributed by atoms with van der Waals surface area (Å²) in [4.78, 5) is 40.1. The highest BCUT2D eigenvalue weighted by atomic mass is 32.2. The van der Waals surface area contributed by atoms with Gasteiger partial charge >= 0.3 is 6.03 Å². The number of rotatable bonds is 9. The highest BCUT2D eigenvalue weighted by Gasteiger charge is 2.56. The Kier molecular flexibility index (Phi) is 9.73. The average Bonchev–Trinajstić information content (AvgIpc) is 3.79. The number of nitriles is 1. The minimum absolute atomic E-state index is 0.0204. The lowest BCUT2D eigenvalue weighted by molar-refractivity contribution is -0.120. The normalized spacial score (nSPS) is 22.6. The van der Waals surface area contributed by atoms with Gasteiger partial charge in [-0.05, 0) is 99.8 Å². The van der Waals surface area contributed by atoms with E-state index in [2.05, 4.69) is 31.0 Å². The number of anilines is 3. The second-order valence-corrected chi connectivity index (χ2v) is 19.4. The zero-order valence-electron chi connectivity index (χ0n) is 34.7. The molecule has 2 N–H and O–H groups in total. The molecular weight excluding hydrogens is 832 g/mol. The lowest BCUT2D eigenvalue weighted by Gasteiger charge is -2.63. The minimum atomic E-state index is -0.887. The topological polar surface area (TPSA) is 148 Å². The van der Waals surface area contributed by atoms with Crippen LogP contribution in [-0.4, -0.2) is 98.9 Å². The summed E-state index contributed by atoms with van der Waals surface area (Å²) in [5.41, 5.74) is 4.50. The number of nitrogens with one attached hydrogen (secondary N) is 2. The molecule has 1 atom stereocenters. The minimum Gasteiger partial charge on any atom is -0.453 e. The lowest BCUT2D eigenvalue weighted by Crippen LogP contribution is -2.67. The predicted molar refractivity (Wildman–Crippen MR) is 232 cm³/mol. The SMILES string of the molecule is Cn1nc(N2CCC(=O)NC2=O)c2cc(F)c(N3CC4(CC(N5CCC6(CC5)CC(c5cnc7ccc(Oc8c(F)ccc(NSN9CCC(F)C9)c8C#N)cc7n5)C6)C4)C3)cc21. The molecule has 14 nitrogen and oxygen atoms in total. The van der Waals surface area contributed by atoms with Gasteiger partial charge in [0.25, 0.3) is 0 Å². The number of amides is 3. The number of likely N-dealkylation sites (tertiary alicyclic amines) is 1. The molecule has 18 heteroatoms. The standard InChI is InChI=1S/C45H46F3N11O3S/c1-55-38-16-39(33(48)15-30(38)42(53-55)59-11-7-40(60)52-43(59)61)57-24-45(25-57)19-28(20-45)56-12-8-44(9-13-56)17-26(18-44)37-22-50-35-4-2-29(14-36(35)51-37)62-41-31(21-49)34(5-3-32(41)47)54-63-58-10-6-27(46)23-58/h2-5,14-16,22,26-28,54H,6-13,17-20,23-25H2,1H3,(H,52,60,61). The number of carbonyl (C=O) groups excluding carboxylic acids is 2. The highest BCUT2D eigenvalue weighted by molar-refractivity contribution is 7.98. The zero-order valence-corrected chi connectivity index (χ0v) is 35.6. The number of nitrogens with zero attached hydrogens (tertiary/aromatic N) is 9. The smallest absolute Gasteiger partial charge is 0.329 e. The van der Waals surface area contributed by atoms with E-state index in [1.165, 1.54) is 35.2 Å². The van der Waals surface area contributed by atoms with E-state index in [4.69, 9.17) is 14.7 Å². The molecule has 4 aliphatic heterocycles. The van der Waals surface area contributed by atoms with Crippen LogP contribution in [0.5, 0.6) is 11.5 Å². The number of halogens is 3. The number of carbonyl (C=O) groups is 2. The molecule has 3 amide bonds. The quantitative estimate of drug-likeness (QED) is 0.141. The maximum absolute atomic E-state index is 15.7. The fraction of sp³-hybridized carbons (Fsp3) is 0.467. The van der Waals surface area contributed by atoms with Gasteiger partial charge in [0.05, 0.1) is 33.6 Å². The Morgan fingerprint density at radius 1 is 0.968 bits per heavy atom. The van der Waals surface area contributed by atoms with Crippen molar-refractivity contribution in [2.45, 2.75) is 69.5 Å². The number of alkyl halides is 1. The maximum Gasteiger partial charge on any atom is 0.329 e. The second-order valence-electron chi connectivity index (χ2n) is 18.5. The molecule has 2 spiro atoms. The number of imide groups is 1. The molecule has 6 fully saturated rings. The van der Waals surface area contributed by atoms with Gasteiger partial charge in [-0.3, -0.25) is 24.7 Å². The van der Waals surface area contributed by atoms with Gasteiger partial charge in [0.1, 0.15) is 29.4 Å². The molecule has 3 aromatic carbocycles. The summed E-state index contributed by atoms with van der Waals surface area (Å²) < 4.78 is 57.0. The Bertz CT molecular complexity index is 2720. The summed E-state index contributed by atoms with van der Waals surface area (Å²) in [5, 5.41) is 17.4. The predicted octanol–water partition coefficient (Wildman–Crippen LogP) is 7.55. The Morgan fingerprint density at radius 3 is 2.52 bits per heavy atom. The summed E-state index contributed by atoms with van der Waals surface area (Å²) in [6.45, 7) is 4.85. The van der Waals surface area contributed by atoms with Crippen LogP contribution in [0.4, 0.5) is 35.2 Å². The van der Waals surface area contributed by atoms with Gasteiger partial charge in [-0.2, -0.15) is 10.4 Å². The number of aromatic nitrogens is 4. The fourth-order valence-corrected chi connectivity index (χ4v) is 11.8. The van der Waals surface area contributed by atoms with Crippen LogP contribution in [0.15, 0.2) is 48.7 Å². The lowest BCUT2D eigenvalue weighted by atomic mass is 9.55. The van der Waals surface area contributed by atoms with Crippen molar-refractivity contribution in [3.63, 3.8) is 0 Å². The van der Waals surface area contributed by atoms with Crippen molar-refractivity contribution in [1.82, 2.24) is 34.3 Å². The molecule has 1 unspecified atom stereocenters. The van der Waals surface area contributed by atoms with Crippen LogP contribution in [0.1, 0.15) is 68.5 Å². The number of fused-ring (bicyclic) bond motifs is 2. The third kappa shape index (κ3) is 7.17. The summed E-state index contributed by atoms with van der Waals surface area (Å²) in [6.07, 6.45) is 8.28. The maximum atomic E-state index is 15.7. The molecule has 0 bridgehead atoms.